The van der Waals surface area contributed by atoms with Crippen molar-refractivity contribution in [3.8, 4) is 0 Å². The molecule has 1 aromatic rings. The van der Waals surface area contributed by atoms with Crippen molar-refractivity contribution >= 4 is 11.8 Å². The van der Waals surface area contributed by atoms with Crippen LogP contribution in [0.4, 0.5) is 5.82 Å². The molecule has 0 bridgehead atoms. The predicted octanol–water partition coefficient (Wildman–Crippen LogP) is 0.355. The maximum atomic E-state index is 10.8. The first-order valence-electron chi connectivity index (χ1n) is 5.67. The van der Waals surface area contributed by atoms with Crippen molar-refractivity contribution in [3.05, 3.63) is 18.1 Å². The molecule has 92 valence electrons. The zero-order valence-corrected chi connectivity index (χ0v) is 9.54. The van der Waals surface area contributed by atoms with E-state index in [4.69, 9.17) is 10.8 Å². The summed E-state index contributed by atoms with van der Waals surface area (Å²) in [6.45, 7) is 2.18. The Morgan fingerprint density at radius 2 is 2.24 bits per heavy atom. The number of nitrogen functional groups attached to an aromatic ring is 1. The van der Waals surface area contributed by atoms with E-state index < -0.39 is 5.97 Å². The van der Waals surface area contributed by atoms with Crippen LogP contribution < -0.4 is 5.73 Å². The third kappa shape index (κ3) is 3.13. The van der Waals surface area contributed by atoms with Crippen LogP contribution in [0.3, 0.4) is 0 Å². The summed E-state index contributed by atoms with van der Waals surface area (Å²) in [6.07, 6.45) is 3.02. The Hall–Kier alpha value is -1.69. The first-order chi connectivity index (χ1) is 8.15. The molecule has 1 saturated heterocycles. The van der Waals surface area contributed by atoms with Gasteiger partial charge in [0.05, 0.1) is 12.5 Å². The lowest BCUT2D eigenvalue weighted by molar-refractivity contribution is -0.143. The van der Waals surface area contributed by atoms with Crippen LogP contribution in [0.15, 0.2) is 12.3 Å². The van der Waals surface area contributed by atoms with E-state index in [1.54, 1.807) is 12.3 Å². The highest BCUT2D eigenvalue weighted by Gasteiger charge is 2.24. The average Bonchev–Trinajstić information content (AvgIpc) is 2.29. The summed E-state index contributed by atoms with van der Waals surface area (Å²) in [6, 6.07) is 1.65. The standard InChI is InChI=1S/C11H16N4O2/c12-9-1-4-13-10(14-9)7-15-5-2-8(3-6-15)11(16)17/h1,4,8H,2-3,5-7H2,(H,16,17)(H2,12,13,14). The highest BCUT2D eigenvalue weighted by Crippen LogP contribution is 2.18. The molecule has 0 radical (unpaired) electrons. The molecule has 1 aromatic heterocycles. The Labute approximate surface area is 99.5 Å². The second-order valence-corrected chi connectivity index (χ2v) is 4.29. The van der Waals surface area contributed by atoms with Gasteiger partial charge in [0.25, 0.3) is 0 Å². The molecule has 0 atom stereocenters. The van der Waals surface area contributed by atoms with E-state index in [0.29, 0.717) is 31.0 Å². The van der Waals surface area contributed by atoms with E-state index in [2.05, 4.69) is 14.9 Å². The van der Waals surface area contributed by atoms with Crippen LogP contribution in [0.25, 0.3) is 0 Å². The number of aliphatic carboxylic acids is 1. The third-order valence-corrected chi connectivity index (χ3v) is 3.03. The summed E-state index contributed by atoms with van der Waals surface area (Å²) in [7, 11) is 0. The first-order valence-corrected chi connectivity index (χ1v) is 5.67. The van der Waals surface area contributed by atoms with Gasteiger partial charge in [-0.05, 0) is 32.0 Å². The smallest absolute Gasteiger partial charge is 0.306 e. The average molecular weight is 236 g/mol. The molecule has 0 spiro atoms. The van der Waals surface area contributed by atoms with E-state index in [-0.39, 0.29) is 5.92 Å². The number of carboxylic acid groups (broad SMARTS) is 1. The van der Waals surface area contributed by atoms with Gasteiger partial charge in [0.2, 0.25) is 0 Å². The van der Waals surface area contributed by atoms with Crippen LogP contribution in [0.2, 0.25) is 0 Å². The fourth-order valence-corrected chi connectivity index (χ4v) is 2.03. The second-order valence-electron chi connectivity index (χ2n) is 4.29. The monoisotopic (exact) mass is 236 g/mol. The number of carboxylic acids is 1. The summed E-state index contributed by atoms with van der Waals surface area (Å²) < 4.78 is 0. The molecular formula is C11H16N4O2. The number of likely N-dealkylation sites (tertiary alicyclic amines) is 1. The van der Waals surface area contributed by atoms with Crippen molar-refractivity contribution in [1.82, 2.24) is 14.9 Å². The zero-order valence-electron chi connectivity index (χ0n) is 9.54. The first kappa shape index (κ1) is 11.8. The van der Waals surface area contributed by atoms with Gasteiger partial charge < -0.3 is 10.8 Å². The zero-order chi connectivity index (χ0) is 12.3. The summed E-state index contributed by atoms with van der Waals surface area (Å²) in [5, 5.41) is 8.89. The molecule has 2 rings (SSSR count). The van der Waals surface area contributed by atoms with Crippen LogP contribution in [-0.2, 0) is 11.3 Å². The number of hydrogen-bond donors (Lipinski definition) is 2. The minimum absolute atomic E-state index is 0.201. The number of carbonyl (C=O) groups is 1. The molecule has 0 aliphatic carbocycles. The fraction of sp³-hybridized carbons (Fsp3) is 0.545. The van der Waals surface area contributed by atoms with Gasteiger partial charge >= 0.3 is 5.97 Å². The highest BCUT2D eigenvalue weighted by molar-refractivity contribution is 5.70. The van der Waals surface area contributed by atoms with Gasteiger partial charge in [0.1, 0.15) is 11.6 Å². The van der Waals surface area contributed by atoms with Gasteiger partial charge in [-0.2, -0.15) is 0 Å². The number of aromatic nitrogens is 2. The second kappa shape index (κ2) is 5.09. The van der Waals surface area contributed by atoms with Crippen molar-refractivity contribution in [2.75, 3.05) is 18.8 Å². The Balaban J connectivity index is 1.88. The van der Waals surface area contributed by atoms with Crippen molar-refractivity contribution in [2.45, 2.75) is 19.4 Å². The SMILES string of the molecule is Nc1ccnc(CN2CCC(C(=O)O)CC2)n1. The maximum Gasteiger partial charge on any atom is 0.306 e. The minimum Gasteiger partial charge on any atom is -0.481 e. The van der Waals surface area contributed by atoms with Gasteiger partial charge in [-0.25, -0.2) is 9.97 Å². The summed E-state index contributed by atoms with van der Waals surface area (Å²) >= 11 is 0. The largest absolute Gasteiger partial charge is 0.481 e. The number of hydrogen-bond acceptors (Lipinski definition) is 5. The topological polar surface area (TPSA) is 92.3 Å². The molecule has 17 heavy (non-hydrogen) atoms. The number of piperidine rings is 1. The van der Waals surface area contributed by atoms with Gasteiger partial charge in [-0.15, -0.1) is 0 Å². The molecule has 1 aliphatic rings. The molecule has 2 heterocycles. The predicted molar refractivity (Wildman–Crippen MR) is 62.1 cm³/mol. The van der Waals surface area contributed by atoms with Crippen LogP contribution in [-0.4, -0.2) is 39.0 Å². The molecule has 3 N–H and O–H groups in total. The van der Waals surface area contributed by atoms with Gasteiger partial charge in [-0.3, -0.25) is 9.69 Å². The molecule has 1 fully saturated rings. The van der Waals surface area contributed by atoms with Crippen molar-refractivity contribution < 1.29 is 9.90 Å². The minimum atomic E-state index is -0.690. The Morgan fingerprint density at radius 3 is 2.82 bits per heavy atom. The van der Waals surface area contributed by atoms with E-state index in [9.17, 15) is 4.79 Å². The number of nitrogens with zero attached hydrogens (tertiary/aromatic N) is 3. The third-order valence-electron chi connectivity index (χ3n) is 3.03. The lowest BCUT2D eigenvalue weighted by Gasteiger charge is -2.29. The fourth-order valence-electron chi connectivity index (χ4n) is 2.03. The van der Waals surface area contributed by atoms with Crippen LogP contribution in [0.5, 0.6) is 0 Å². The highest BCUT2D eigenvalue weighted by atomic mass is 16.4. The Kier molecular flexibility index (Phi) is 3.53. The van der Waals surface area contributed by atoms with Crippen LogP contribution in [0, 0.1) is 5.92 Å². The molecule has 0 saturated carbocycles. The number of nitrogens with two attached hydrogens (primary N) is 1. The number of rotatable bonds is 3. The quantitative estimate of drug-likeness (QED) is 0.787. The molecule has 1 aliphatic heterocycles. The van der Waals surface area contributed by atoms with Crippen molar-refractivity contribution in [1.29, 1.82) is 0 Å². The lowest BCUT2D eigenvalue weighted by Crippen LogP contribution is -2.36. The maximum absolute atomic E-state index is 10.8. The van der Waals surface area contributed by atoms with Gasteiger partial charge in [0.15, 0.2) is 0 Å². The lowest BCUT2D eigenvalue weighted by atomic mass is 9.97. The Bertz CT molecular complexity index is 402. The van der Waals surface area contributed by atoms with Crippen LogP contribution >= 0.6 is 0 Å². The van der Waals surface area contributed by atoms with Crippen molar-refractivity contribution in [3.63, 3.8) is 0 Å². The van der Waals surface area contributed by atoms with Gasteiger partial charge in [-0.1, -0.05) is 0 Å². The van der Waals surface area contributed by atoms with E-state index in [1.165, 1.54) is 0 Å². The van der Waals surface area contributed by atoms with E-state index in [1.807, 2.05) is 0 Å². The number of anilines is 1. The molecule has 0 aromatic carbocycles. The molecule has 0 amide bonds. The molecule has 6 heteroatoms. The van der Waals surface area contributed by atoms with Gasteiger partial charge in [0, 0.05) is 6.20 Å². The normalized spacial score (nSPS) is 18.1. The molecule has 6 nitrogen and oxygen atoms in total. The summed E-state index contributed by atoms with van der Waals surface area (Å²) in [5.74, 6) is 0.270. The van der Waals surface area contributed by atoms with E-state index in [0.717, 1.165) is 13.1 Å². The molecule has 0 unspecified atom stereocenters. The van der Waals surface area contributed by atoms with Crippen LogP contribution in [0.1, 0.15) is 18.7 Å². The summed E-state index contributed by atoms with van der Waals surface area (Å²) in [4.78, 5) is 21.2. The van der Waals surface area contributed by atoms with Crippen molar-refractivity contribution in [2.24, 2.45) is 5.92 Å². The molecular weight excluding hydrogens is 220 g/mol. The Morgan fingerprint density at radius 1 is 1.53 bits per heavy atom. The summed E-state index contributed by atoms with van der Waals surface area (Å²) in [5.41, 5.74) is 5.58. The van der Waals surface area contributed by atoms with E-state index >= 15 is 0 Å².